The number of carbonyl (C=O) groups excluding carboxylic acids is 1. The number of hydrogen-bond donors (Lipinski definition) is 1. The minimum absolute atomic E-state index is 0.0459. The molecule has 1 aromatic carbocycles. The third kappa shape index (κ3) is 3.85. The number of carbonyl (C=O) groups is 1. The second kappa shape index (κ2) is 5.47. The highest BCUT2D eigenvalue weighted by atomic mass is 16.1. The minimum Gasteiger partial charge on any atom is -0.354 e. The van der Waals surface area contributed by atoms with Crippen molar-refractivity contribution in [2.75, 3.05) is 6.54 Å². The van der Waals surface area contributed by atoms with E-state index in [-0.39, 0.29) is 11.3 Å². The first-order valence-electron chi connectivity index (χ1n) is 6.76. The Balaban J connectivity index is 1.88. The molecule has 0 saturated heterocycles. The second-order valence-corrected chi connectivity index (χ2v) is 6.16. The molecular weight excluding hydrogens is 236 g/mol. The Hall–Kier alpha value is -1.77. The maximum absolute atomic E-state index is 11.7. The highest BCUT2D eigenvalue weighted by molar-refractivity contribution is 5.80. The molecule has 0 unspecified atom stereocenters. The van der Waals surface area contributed by atoms with Gasteiger partial charge in [0.1, 0.15) is 0 Å². The normalized spacial score (nSPS) is 11.7. The van der Waals surface area contributed by atoms with Crippen molar-refractivity contribution in [1.29, 1.82) is 0 Å². The van der Waals surface area contributed by atoms with Crippen LogP contribution in [0.5, 0.6) is 0 Å². The number of rotatable bonds is 4. The summed E-state index contributed by atoms with van der Waals surface area (Å²) in [5.74, 6) is 0.129. The molecular formula is C16H22N2O. The van der Waals surface area contributed by atoms with Gasteiger partial charge in [-0.05, 0) is 22.9 Å². The molecule has 1 amide bonds. The first-order chi connectivity index (χ1) is 8.96. The molecule has 0 bridgehead atoms. The number of nitrogens with one attached hydrogen (secondary N) is 1. The predicted molar refractivity (Wildman–Crippen MR) is 79.0 cm³/mol. The molecule has 0 aliphatic carbocycles. The van der Waals surface area contributed by atoms with Gasteiger partial charge in [0.2, 0.25) is 5.91 Å². The lowest BCUT2D eigenvalue weighted by molar-refractivity contribution is -0.122. The summed E-state index contributed by atoms with van der Waals surface area (Å²) < 4.78 is 2.17. The van der Waals surface area contributed by atoms with E-state index < -0.39 is 0 Å². The number of benzene rings is 1. The standard InChI is InChI=1S/C16H22N2O/c1-16(2,3)12-15(19)17-9-11-18-10-8-13-6-4-5-7-14(13)18/h4-8,10H,9,11-12H2,1-3H3,(H,17,19). The zero-order valence-electron chi connectivity index (χ0n) is 11.9. The molecule has 0 aliphatic rings. The van der Waals surface area contributed by atoms with Gasteiger partial charge >= 0.3 is 0 Å². The van der Waals surface area contributed by atoms with Crippen molar-refractivity contribution in [3.63, 3.8) is 0 Å². The molecule has 3 nitrogen and oxygen atoms in total. The van der Waals surface area contributed by atoms with Gasteiger partial charge in [0, 0.05) is 31.2 Å². The first kappa shape index (κ1) is 13.7. The Kier molecular flexibility index (Phi) is 3.93. The molecule has 0 saturated carbocycles. The van der Waals surface area contributed by atoms with Crippen LogP contribution in [0.2, 0.25) is 0 Å². The lowest BCUT2D eigenvalue weighted by atomic mass is 9.92. The van der Waals surface area contributed by atoms with E-state index in [4.69, 9.17) is 0 Å². The summed E-state index contributed by atoms with van der Waals surface area (Å²) in [6.45, 7) is 7.71. The average Bonchev–Trinajstić information content (AvgIpc) is 2.70. The van der Waals surface area contributed by atoms with Crippen molar-refractivity contribution >= 4 is 16.8 Å². The van der Waals surface area contributed by atoms with Crippen molar-refractivity contribution in [3.8, 4) is 0 Å². The van der Waals surface area contributed by atoms with E-state index in [9.17, 15) is 4.79 Å². The molecule has 19 heavy (non-hydrogen) atoms. The summed E-state index contributed by atoms with van der Waals surface area (Å²) in [7, 11) is 0. The molecule has 1 N–H and O–H groups in total. The number of nitrogens with zero attached hydrogens (tertiary/aromatic N) is 1. The third-order valence-corrected chi connectivity index (χ3v) is 3.05. The molecule has 0 radical (unpaired) electrons. The molecule has 3 heteroatoms. The van der Waals surface area contributed by atoms with Crippen LogP contribution in [0.15, 0.2) is 36.5 Å². The molecule has 102 valence electrons. The Morgan fingerprint density at radius 3 is 2.68 bits per heavy atom. The monoisotopic (exact) mass is 258 g/mol. The molecule has 1 heterocycles. The number of aromatic nitrogens is 1. The zero-order chi connectivity index (χ0) is 13.9. The fourth-order valence-corrected chi connectivity index (χ4v) is 2.20. The Morgan fingerprint density at radius 1 is 1.21 bits per heavy atom. The van der Waals surface area contributed by atoms with Crippen LogP contribution in [0.4, 0.5) is 0 Å². The van der Waals surface area contributed by atoms with Gasteiger partial charge in [0.15, 0.2) is 0 Å². The van der Waals surface area contributed by atoms with Gasteiger partial charge in [-0.15, -0.1) is 0 Å². The SMILES string of the molecule is CC(C)(C)CC(=O)NCCn1ccc2ccccc21. The summed E-state index contributed by atoms with van der Waals surface area (Å²) >= 11 is 0. The Labute approximate surface area is 114 Å². The smallest absolute Gasteiger partial charge is 0.220 e. The summed E-state index contributed by atoms with van der Waals surface area (Å²) in [5, 5.41) is 4.22. The lowest BCUT2D eigenvalue weighted by Gasteiger charge is -2.17. The molecule has 0 spiro atoms. The van der Waals surface area contributed by atoms with E-state index in [1.807, 2.05) is 12.1 Å². The largest absolute Gasteiger partial charge is 0.354 e. The number of fused-ring (bicyclic) bond motifs is 1. The Bertz CT molecular complexity index is 563. The van der Waals surface area contributed by atoms with Crippen molar-refractivity contribution in [2.24, 2.45) is 5.41 Å². The van der Waals surface area contributed by atoms with Crippen molar-refractivity contribution in [2.45, 2.75) is 33.7 Å². The van der Waals surface area contributed by atoms with Gasteiger partial charge in [0.25, 0.3) is 0 Å². The quantitative estimate of drug-likeness (QED) is 0.898. The van der Waals surface area contributed by atoms with Crippen LogP contribution in [0, 0.1) is 5.41 Å². The fourth-order valence-electron chi connectivity index (χ4n) is 2.20. The fraction of sp³-hybridized carbons (Fsp3) is 0.438. The molecule has 2 aromatic rings. The topological polar surface area (TPSA) is 34.0 Å². The van der Waals surface area contributed by atoms with Crippen molar-refractivity contribution in [3.05, 3.63) is 36.5 Å². The van der Waals surface area contributed by atoms with Crippen LogP contribution < -0.4 is 5.32 Å². The highest BCUT2D eigenvalue weighted by Gasteiger charge is 2.15. The highest BCUT2D eigenvalue weighted by Crippen LogP contribution is 2.18. The summed E-state index contributed by atoms with van der Waals surface area (Å²) in [5.41, 5.74) is 1.26. The van der Waals surface area contributed by atoms with Crippen molar-refractivity contribution in [1.82, 2.24) is 9.88 Å². The van der Waals surface area contributed by atoms with Crippen LogP contribution >= 0.6 is 0 Å². The maximum atomic E-state index is 11.7. The third-order valence-electron chi connectivity index (χ3n) is 3.05. The Morgan fingerprint density at radius 2 is 1.95 bits per heavy atom. The van der Waals surface area contributed by atoms with E-state index in [1.165, 1.54) is 10.9 Å². The van der Waals surface area contributed by atoms with E-state index in [2.05, 4.69) is 55.1 Å². The van der Waals surface area contributed by atoms with Gasteiger partial charge < -0.3 is 9.88 Å². The van der Waals surface area contributed by atoms with E-state index in [0.29, 0.717) is 13.0 Å². The molecule has 2 rings (SSSR count). The summed E-state index contributed by atoms with van der Waals surface area (Å²) in [6.07, 6.45) is 2.64. The van der Waals surface area contributed by atoms with Crippen molar-refractivity contribution < 1.29 is 4.79 Å². The molecule has 0 aliphatic heterocycles. The van der Waals surface area contributed by atoms with Gasteiger partial charge in [0.05, 0.1) is 0 Å². The average molecular weight is 258 g/mol. The second-order valence-electron chi connectivity index (χ2n) is 6.16. The minimum atomic E-state index is 0.0459. The maximum Gasteiger partial charge on any atom is 0.220 e. The molecule has 1 aromatic heterocycles. The van der Waals surface area contributed by atoms with Gasteiger partial charge in [-0.2, -0.15) is 0 Å². The zero-order valence-corrected chi connectivity index (χ0v) is 11.9. The van der Waals surface area contributed by atoms with E-state index >= 15 is 0 Å². The van der Waals surface area contributed by atoms with Gasteiger partial charge in [-0.25, -0.2) is 0 Å². The lowest BCUT2D eigenvalue weighted by Crippen LogP contribution is -2.30. The number of amides is 1. The first-order valence-corrected chi connectivity index (χ1v) is 6.76. The van der Waals surface area contributed by atoms with Crippen LogP contribution in [0.3, 0.4) is 0 Å². The van der Waals surface area contributed by atoms with Gasteiger partial charge in [-0.1, -0.05) is 39.0 Å². The van der Waals surface area contributed by atoms with Crippen LogP contribution in [-0.2, 0) is 11.3 Å². The van der Waals surface area contributed by atoms with Crippen LogP contribution in [0.25, 0.3) is 10.9 Å². The number of hydrogen-bond acceptors (Lipinski definition) is 1. The predicted octanol–water partition coefficient (Wildman–Crippen LogP) is 3.19. The molecule has 0 fully saturated rings. The summed E-state index contributed by atoms with van der Waals surface area (Å²) in [4.78, 5) is 11.7. The van der Waals surface area contributed by atoms with Gasteiger partial charge in [-0.3, -0.25) is 4.79 Å². The van der Waals surface area contributed by atoms with Crippen LogP contribution in [0.1, 0.15) is 27.2 Å². The molecule has 0 atom stereocenters. The van der Waals surface area contributed by atoms with E-state index in [0.717, 1.165) is 6.54 Å². The van der Waals surface area contributed by atoms with Crippen LogP contribution in [-0.4, -0.2) is 17.0 Å². The summed E-state index contributed by atoms with van der Waals surface area (Å²) in [6, 6.07) is 10.4. The number of para-hydroxylation sites is 1. The van der Waals surface area contributed by atoms with E-state index in [1.54, 1.807) is 0 Å².